The van der Waals surface area contributed by atoms with Gasteiger partial charge in [0.25, 0.3) is 0 Å². The van der Waals surface area contributed by atoms with Crippen LogP contribution in [0.2, 0.25) is 18.1 Å². The van der Waals surface area contributed by atoms with E-state index in [1.165, 1.54) is 49.3 Å². The fraction of sp³-hybridized carbons (Fsp3) is 0.412. The molecule has 0 saturated carbocycles. The molecule has 0 amide bonds. The van der Waals surface area contributed by atoms with Crippen LogP contribution in [-0.4, -0.2) is 12.5 Å². The molecule has 0 heterocycles. The van der Waals surface area contributed by atoms with E-state index in [-0.39, 0.29) is 6.10 Å². The maximum absolute atomic E-state index is 14.3. The number of rotatable bonds is 16. The molecule has 0 aliphatic heterocycles. The summed E-state index contributed by atoms with van der Waals surface area (Å²) >= 11 is 0. The van der Waals surface area contributed by atoms with Crippen molar-refractivity contribution in [3.63, 3.8) is 0 Å². The Balaban J connectivity index is 2.21. The van der Waals surface area contributed by atoms with Crippen molar-refractivity contribution in [1.29, 1.82) is 0 Å². The normalized spacial score (nSPS) is 13.9. The van der Waals surface area contributed by atoms with Crippen LogP contribution in [-0.2, 0) is 15.2 Å². The van der Waals surface area contributed by atoms with Crippen LogP contribution in [0.1, 0.15) is 76.5 Å². The molecule has 3 rings (SSSR count). The molecule has 38 heavy (non-hydrogen) atoms. The lowest BCUT2D eigenvalue weighted by Gasteiger charge is -2.37. The van der Waals surface area contributed by atoms with Gasteiger partial charge in [0, 0.05) is 4.90 Å². The van der Waals surface area contributed by atoms with E-state index in [1.807, 2.05) is 30.3 Å². The maximum Gasteiger partial charge on any atom is 0.194 e. The fourth-order valence-corrected chi connectivity index (χ4v) is 11.4. The molecule has 1 unspecified atom stereocenters. The summed E-state index contributed by atoms with van der Waals surface area (Å²) in [4.78, 5) is 1.60. The van der Waals surface area contributed by atoms with Crippen LogP contribution in [0.25, 0.3) is 10.8 Å². The summed E-state index contributed by atoms with van der Waals surface area (Å²) in [5.74, 6) is 0. The third kappa shape index (κ3) is 7.88. The first kappa shape index (κ1) is 30.3. The fourth-order valence-electron chi connectivity index (χ4n) is 5.21. The Hall–Kier alpha value is -2.27. The largest absolute Gasteiger partial charge is 0.405 e. The number of aryl methyl sites for hydroxylation is 1. The van der Waals surface area contributed by atoms with Gasteiger partial charge in [0.15, 0.2) is 8.32 Å². The number of hydrogen-bond acceptors (Lipinski definition) is 2. The van der Waals surface area contributed by atoms with Crippen molar-refractivity contribution in [3.05, 3.63) is 101 Å². The summed E-state index contributed by atoms with van der Waals surface area (Å²) in [5, 5.41) is 2.35. The molecule has 0 radical (unpaired) electrons. The van der Waals surface area contributed by atoms with Crippen LogP contribution in [0.3, 0.4) is 0 Å². The standard InChI is InChI=1S/C34H46O2SSi/c1-6-10-25-38(26-11-7-2,27-12-8-3)36-34(32-20-15-18-29-17-13-14-19-31(29)32)33(16-9-4)37(35)30-23-21-28(5)22-24-30/h9,13-24,34H,4,6-8,10-12,25-27H2,1-3,5H3/b33-16-/t34-,37?/m0/s1. The lowest BCUT2D eigenvalue weighted by atomic mass is 10.00. The summed E-state index contributed by atoms with van der Waals surface area (Å²) < 4.78 is 21.8. The van der Waals surface area contributed by atoms with Crippen molar-refractivity contribution in [2.45, 2.75) is 95.4 Å². The molecule has 0 aromatic heterocycles. The van der Waals surface area contributed by atoms with Gasteiger partial charge in [-0.25, -0.2) is 4.21 Å². The Bertz CT molecular complexity index is 1190. The van der Waals surface area contributed by atoms with Gasteiger partial charge in [-0.3, -0.25) is 0 Å². The van der Waals surface area contributed by atoms with Gasteiger partial charge in [0.2, 0.25) is 0 Å². The molecule has 0 aliphatic rings. The summed E-state index contributed by atoms with van der Waals surface area (Å²) in [6.07, 6.45) is 10.4. The SMILES string of the molecule is C=C/C=C(/[C@@H](O[Si](CCCC)(CCCC)CCCC)c1cccc2ccccc12)S(=O)c1ccc(C)cc1. The number of allylic oxidation sites excluding steroid dienone is 2. The van der Waals surface area contributed by atoms with Crippen molar-refractivity contribution < 1.29 is 8.63 Å². The Morgan fingerprint density at radius 1 is 0.868 bits per heavy atom. The quantitative estimate of drug-likeness (QED) is 0.132. The minimum absolute atomic E-state index is 0.376. The van der Waals surface area contributed by atoms with Gasteiger partial charge in [0.05, 0.1) is 15.7 Å². The molecule has 0 aliphatic carbocycles. The first-order chi connectivity index (χ1) is 18.5. The summed E-state index contributed by atoms with van der Waals surface area (Å²) in [5.41, 5.74) is 2.27. The Morgan fingerprint density at radius 3 is 2.03 bits per heavy atom. The molecule has 3 aromatic rings. The molecule has 0 spiro atoms. The van der Waals surface area contributed by atoms with E-state index < -0.39 is 19.1 Å². The highest BCUT2D eigenvalue weighted by Gasteiger charge is 2.38. The van der Waals surface area contributed by atoms with E-state index in [0.29, 0.717) is 0 Å². The number of benzene rings is 3. The predicted octanol–water partition coefficient (Wildman–Crippen LogP) is 10.4. The molecule has 0 fully saturated rings. The second-order valence-electron chi connectivity index (χ2n) is 10.4. The molecule has 0 bridgehead atoms. The topological polar surface area (TPSA) is 26.3 Å². The zero-order valence-corrected chi connectivity index (χ0v) is 25.7. The second-order valence-corrected chi connectivity index (χ2v) is 16.0. The lowest BCUT2D eigenvalue weighted by Crippen LogP contribution is -2.40. The van der Waals surface area contributed by atoms with Crippen LogP contribution >= 0.6 is 0 Å². The molecule has 4 heteroatoms. The van der Waals surface area contributed by atoms with E-state index in [2.05, 4.69) is 76.7 Å². The monoisotopic (exact) mass is 546 g/mol. The van der Waals surface area contributed by atoms with Crippen molar-refractivity contribution in [3.8, 4) is 0 Å². The zero-order valence-electron chi connectivity index (χ0n) is 23.9. The van der Waals surface area contributed by atoms with Crippen molar-refractivity contribution in [2.75, 3.05) is 0 Å². The minimum Gasteiger partial charge on any atom is -0.405 e. The molecular weight excluding hydrogens is 501 g/mol. The highest BCUT2D eigenvalue weighted by Crippen LogP contribution is 2.41. The van der Waals surface area contributed by atoms with Gasteiger partial charge in [-0.15, -0.1) is 0 Å². The van der Waals surface area contributed by atoms with E-state index in [0.717, 1.165) is 39.1 Å². The molecule has 0 saturated heterocycles. The average Bonchev–Trinajstić information content (AvgIpc) is 2.95. The van der Waals surface area contributed by atoms with Gasteiger partial charge in [0.1, 0.15) is 6.10 Å². The lowest BCUT2D eigenvalue weighted by molar-refractivity contribution is 0.230. The minimum atomic E-state index is -2.15. The zero-order chi connectivity index (χ0) is 27.4. The maximum atomic E-state index is 14.3. The second kappa shape index (κ2) is 15.4. The Kier molecular flexibility index (Phi) is 12.2. The van der Waals surface area contributed by atoms with Crippen molar-refractivity contribution in [1.82, 2.24) is 0 Å². The number of fused-ring (bicyclic) bond motifs is 1. The Labute approximate surface area is 234 Å². The number of unbranched alkanes of at least 4 members (excludes halogenated alkanes) is 3. The molecule has 0 N–H and O–H groups in total. The molecule has 3 aromatic carbocycles. The van der Waals surface area contributed by atoms with Crippen molar-refractivity contribution in [2.24, 2.45) is 0 Å². The average molecular weight is 547 g/mol. The molecular formula is C34H46O2SSi. The third-order valence-electron chi connectivity index (χ3n) is 7.42. The molecule has 204 valence electrons. The predicted molar refractivity (Wildman–Crippen MR) is 169 cm³/mol. The third-order valence-corrected chi connectivity index (χ3v) is 13.4. The van der Waals surface area contributed by atoms with E-state index >= 15 is 0 Å². The summed E-state index contributed by atoms with van der Waals surface area (Å²) in [7, 11) is -3.52. The van der Waals surface area contributed by atoms with E-state index in [1.54, 1.807) is 6.08 Å². The van der Waals surface area contributed by atoms with E-state index in [4.69, 9.17) is 4.43 Å². The summed E-state index contributed by atoms with van der Waals surface area (Å²) in [6.45, 7) is 12.9. The van der Waals surface area contributed by atoms with Gasteiger partial charge >= 0.3 is 0 Å². The van der Waals surface area contributed by atoms with Gasteiger partial charge in [-0.05, 0) is 59.6 Å². The van der Waals surface area contributed by atoms with Crippen LogP contribution in [0, 0.1) is 6.92 Å². The van der Waals surface area contributed by atoms with Gasteiger partial charge < -0.3 is 4.43 Å². The smallest absolute Gasteiger partial charge is 0.194 e. The van der Waals surface area contributed by atoms with Crippen LogP contribution in [0.5, 0.6) is 0 Å². The summed E-state index contributed by atoms with van der Waals surface area (Å²) in [6, 6.07) is 26.4. The van der Waals surface area contributed by atoms with Crippen LogP contribution in [0.15, 0.2) is 95.3 Å². The highest BCUT2D eigenvalue weighted by molar-refractivity contribution is 7.89. The van der Waals surface area contributed by atoms with E-state index in [9.17, 15) is 4.21 Å². The number of hydrogen-bond donors (Lipinski definition) is 0. The molecule has 2 atom stereocenters. The van der Waals surface area contributed by atoms with Gasteiger partial charge in [-0.1, -0.05) is 132 Å². The van der Waals surface area contributed by atoms with Crippen LogP contribution in [0.4, 0.5) is 0 Å². The molecule has 2 nitrogen and oxygen atoms in total. The van der Waals surface area contributed by atoms with Crippen LogP contribution < -0.4 is 0 Å². The Morgan fingerprint density at radius 2 is 1.45 bits per heavy atom. The first-order valence-electron chi connectivity index (χ1n) is 14.4. The highest BCUT2D eigenvalue weighted by atomic mass is 32.2. The van der Waals surface area contributed by atoms with Crippen molar-refractivity contribution >= 4 is 29.9 Å². The first-order valence-corrected chi connectivity index (χ1v) is 18.1. The van der Waals surface area contributed by atoms with Gasteiger partial charge in [-0.2, -0.15) is 0 Å².